The molecule has 1 heterocycles. The van der Waals surface area contributed by atoms with E-state index in [1.54, 1.807) is 6.20 Å². The van der Waals surface area contributed by atoms with Gasteiger partial charge in [-0.2, -0.15) is 5.10 Å². The second-order valence-corrected chi connectivity index (χ2v) is 4.22. The number of aromatic nitrogens is 2. The van der Waals surface area contributed by atoms with Crippen LogP contribution in [0.2, 0.25) is 0 Å². The van der Waals surface area contributed by atoms with Gasteiger partial charge in [0.2, 0.25) is 0 Å². The molecule has 1 aromatic heterocycles. The van der Waals surface area contributed by atoms with Crippen LogP contribution in [0.1, 0.15) is 24.3 Å². The molecule has 1 atom stereocenters. The lowest BCUT2D eigenvalue weighted by Crippen LogP contribution is -2.23. The van der Waals surface area contributed by atoms with Gasteiger partial charge in [0, 0.05) is 18.3 Å². The first-order chi connectivity index (χ1) is 8.38. The van der Waals surface area contributed by atoms with Crippen molar-refractivity contribution in [3.05, 3.63) is 48.3 Å². The van der Waals surface area contributed by atoms with Gasteiger partial charge in [-0.15, -0.1) is 0 Å². The Morgan fingerprint density at radius 2 is 2.12 bits per heavy atom. The molecule has 17 heavy (non-hydrogen) atoms. The molecule has 1 fully saturated rings. The first-order valence-corrected chi connectivity index (χ1v) is 5.69. The van der Waals surface area contributed by atoms with Crippen molar-refractivity contribution in [2.75, 3.05) is 0 Å². The minimum Gasteiger partial charge on any atom is -0.411 e. The summed E-state index contributed by atoms with van der Waals surface area (Å²) in [6.07, 6.45) is 5.65. The maximum absolute atomic E-state index is 8.80. The van der Waals surface area contributed by atoms with Crippen LogP contribution in [-0.4, -0.2) is 20.7 Å². The number of hydrogen-bond donors (Lipinski definition) is 1. The summed E-state index contributed by atoms with van der Waals surface area (Å²) in [7, 11) is 0. The lowest BCUT2D eigenvalue weighted by molar-refractivity contribution is 0.310. The molecule has 0 spiro atoms. The van der Waals surface area contributed by atoms with E-state index in [0.29, 0.717) is 5.92 Å². The topological polar surface area (TPSA) is 50.4 Å². The largest absolute Gasteiger partial charge is 0.411 e. The zero-order chi connectivity index (χ0) is 11.7. The highest BCUT2D eigenvalue weighted by Gasteiger charge is 2.27. The third-order valence-corrected chi connectivity index (χ3v) is 3.28. The van der Waals surface area contributed by atoms with Crippen molar-refractivity contribution in [1.29, 1.82) is 0 Å². The molecule has 1 saturated carbocycles. The monoisotopic (exact) mass is 227 g/mol. The fraction of sp³-hybridized carbons (Fsp3) is 0.231. The molecule has 86 valence electrons. The fourth-order valence-corrected chi connectivity index (χ4v) is 2.18. The average Bonchev–Trinajstić information content (AvgIpc) is 2.83. The molecular formula is C13H13N3O. The number of hydrogen-bond acceptors (Lipinski definition) is 3. The van der Waals surface area contributed by atoms with Gasteiger partial charge >= 0.3 is 0 Å². The molecule has 0 aliphatic heterocycles. The molecule has 0 radical (unpaired) electrons. The van der Waals surface area contributed by atoms with E-state index in [1.807, 2.05) is 29.1 Å². The highest BCUT2D eigenvalue weighted by atomic mass is 16.4. The Kier molecular flexibility index (Phi) is 2.40. The molecule has 4 nitrogen and oxygen atoms in total. The van der Waals surface area contributed by atoms with E-state index in [4.69, 9.17) is 5.21 Å². The quantitative estimate of drug-likeness (QED) is 0.633. The van der Waals surface area contributed by atoms with Crippen molar-refractivity contribution in [2.24, 2.45) is 5.16 Å². The van der Waals surface area contributed by atoms with Crippen molar-refractivity contribution < 1.29 is 5.21 Å². The van der Waals surface area contributed by atoms with Gasteiger partial charge in [-0.1, -0.05) is 17.3 Å². The lowest BCUT2D eigenvalue weighted by Gasteiger charge is -2.27. The van der Waals surface area contributed by atoms with Gasteiger partial charge in [0.1, 0.15) is 0 Å². The Hall–Kier alpha value is -2.10. The summed E-state index contributed by atoms with van der Waals surface area (Å²) in [5.74, 6) is 0.298. The van der Waals surface area contributed by atoms with Crippen LogP contribution in [-0.2, 0) is 0 Å². The summed E-state index contributed by atoms with van der Waals surface area (Å²) in [6, 6.07) is 10.1. The number of nitrogens with zero attached hydrogens (tertiary/aromatic N) is 3. The molecule has 1 aromatic carbocycles. The number of benzene rings is 1. The molecule has 0 amide bonds. The second kappa shape index (κ2) is 4.05. The van der Waals surface area contributed by atoms with E-state index in [2.05, 4.69) is 22.4 Å². The summed E-state index contributed by atoms with van der Waals surface area (Å²) < 4.78 is 1.82. The summed E-state index contributed by atoms with van der Waals surface area (Å²) in [4.78, 5) is 0. The zero-order valence-electron chi connectivity index (χ0n) is 9.32. The molecule has 2 aromatic rings. The van der Waals surface area contributed by atoms with Crippen LogP contribution in [0.25, 0.3) is 5.69 Å². The molecule has 4 heteroatoms. The summed E-state index contributed by atoms with van der Waals surface area (Å²) in [6.45, 7) is 0. The first-order valence-electron chi connectivity index (χ1n) is 5.69. The molecule has 1 aliphatic carbocycles. The van der Waals surface area contributed by atoms with Gasteiger partial charge in [-0.3, -0.25) is 0 Å². The normalized spacial score (nSPS) is 21.4. The Morgan fingerprint density at radius 3 is 2.65 bits per heavy atom. The van der Waals surface area contributed by atoms with Crippen LogP contribution in [0.5, 0.6) is 0 Å². The minimum absolute atomic E-state index is 0.298. The molecule has 3 rings (SSSR count). The Morgan fingerprint density at radius 1 is 1.29 bits per heavy atom. The molecule has 1 unspecified atom stereocenters. The Balaban J connectivity index is 1.86. The molecule has 0 saturated heterocycles. The first kappa shape index (κ1) is 10.1. The average molecular weight is 227 g/mol. The van der Waals surface area contributed by atoms with E-state index < -0.39 is 0 Å². The highest BCUT2D eigenvalue weighted by molar-refractivity contribution is 5.95. The van der Waals surface area contributed by atoms with E-state index in [9.17, 15) is 0 Å². The summed E-state index contributed by atoms with van der Waals surface area (Å²) in [5, 5.41) is 16.3. The fourth-order valence-electron chi connectivity index (χ4n) is 2.18. The predicted octanol–water partition coefficient (Wildman–Crippen LogP) is 2.58. The van der Waals surface area contributed by atoms with Gasteiger partial charge in [0.25, 0.3) is 0 Å². The van der Waals surface area contributed by atoms with Crippen molar-refractivity contribution >= 4 is 5.71 Å². The Labute approximate surface area is 99.2 Å². The summed E-state index contributed by atoms with van der Waals surface area (Å²) >= 11 is 0. The second-order valence-electron chi connectivity index (χ2n) is 4.22. The van der Waals surface area contributed by atoms with Crippen LogP contribution in [0.15, 0.2) is 47.9 Å². The highest BCUT2D eigenvalue weighted by Crippen LogP contribution is 2.34. The van der Waals surface area contributed by atoms with E-state index >= 15 is 0 Å². The number of oxime groups is 1. The van der Waals surface area contributed by atoms with Crippen molar-refractivity contribution in [3.8, 4) is 5.69 Å². The van der Waals surface area contributed by atoms with Crippen LogP contribution in [0.4, 0.5) is 0 Å². The third kappa shape index (κ3) is 1.71. The van der Waals surface area contributed by atoms with Crippen molar-refractivity contribution in [1.82, 2.24) is 9.78 Å². The van der Waals surface area contributed by atoms with Gasteiger partial charge in [0.15, 0.2) is 0 Å². The van der Waals surface area contributed by atoms with Gasteiger partial charge in [-0.25, -0.2) is 4.68 Å². The Bertz CT molecular complexity index is 528. The number of rotatable bonds is 2. The van der Waals surface area contributed by atoms with Gasteiger partial charge in [0.05, 0.1) is 11.4 Å². The van der Waals surface area contributed by atoms with Crippen molar-refractivity contribution in [2.45, 2.75) is 18.8 Å². The van der Waals surface area contributed by atoms with Gasteiger partial charge in [-0.05, 0) is 36.6 Å². The standard InChI is InChI=1S/C13H13N3O/c17-15-13-7-6-12(13)10-2-4-11(5-3-10)16-9-1-8-14-16/h1-5,8-9,12,17H,6-7H2. The van der Waals surface area contributed by atoms with Crippen LogP contribution in [0.3, 0.4) is 0 Å². The van der Waals surface area contributed by atoms with Crippen LogP contribution < -0.4 is 0 Å². The zero-order valence-corrected chi connectivity index (χ0v) is 9.32. The van der Waals surface area contributed by atoms with Gasteiger partial charge < -0.3 is 5.21 Å². The molecule has 1 aliphatic rings. The van der Waals surface area contributed by atoms with Crippen LogP contribution >= 0.6 is 0 Å². The van der Waals surface area contributed by atoms with E-state index in [-0.39, 0.29) is 0 Å². The maximum atomic E-state index is 8.80. The smallest absolute Gasteiger partial charge is 0.0645 e. The maximum Gasteiger partial charge on any atom is 0.0645 e. The lowest BCUT2D eigenvalue weighted by atomic mass is 9.78. The molecule has 0 bridgehead atoms. The minimum atomic E-state index is 0.298. The SMILES string of the molecule is ON=C1CCC1c1ccc(-n2cccn2)cc1. The summed E-state index contributed by atoms with van der Waals surface area (Å²) in [5.41, 5.74) is 3.14. The molecule has 1 N–H and O–H groups in total. The third-order valence-electron chi connectivity index (χ3n) is 3.28. The predicted molar refractivity (Wildman–Crippen MR) is 64.8 cm³/mol. The molecular weight excluding hydrogens is 214 g/mol. The van der Waals surface area contributed by atoms with Crippen molar-refractivity contribution in [3.63, 3.8) is 0 Å². The van der Waals surface area contributed by atoms with Crippen LogP contribution in [0, 0.1) is 0 Å². The van der Waals surface area contributed by atoms with E-state index in [0.717, 1.165) is 24.2 Å². The van der Waals surface area contributed by atoms with E-state index in [1.165, 1.54) is 5.56 Å².